The van der Waals surface area contributed by atoms with Gasteiger partial charge >= 0.3 is 0 Å². The smallest absolute Gasteiger partial charge is 0.264 e. The molecule has 3 heterocycles. The molecule has 2 nitrogen and oxygen atoms in total. The van der Waals surface area contributed by atoms with Crippen molar-refractivity contribution in [2.24, 2.45) is 0 Å². The van der Waals surface area contributed by atoms with Crippen LogP contribution < -0.4 is 0 Å². The van der Waals surface area contributed by atoms with Crippen molar-refractivity contribution in [3.05, 3.63) is 57.1 Å². The maximum absolute atomic E-state index is 12.9. The Morgan fingerprint density at radius 2 is 2.14 bits per heavy atom. The summed E-state index contributed by atoms with van der Waals surface area (Å²) in [4.78, 5) is 17.1. The van der Waals surface area contributed by atoms with Gasteiger partial charge in [0.1, 0.15) is 0 Å². The molecule has 0 saturated carbocycles. The fourth-order valence-electron chi connectivity index (χ4n) is 3.02. The largest absolute Gasteiger partial charge is 0.331 e. The van der Waals surface area contributed by atoms with E-state index in [2.05, 4.69) is 30.5 Å². The second-order valence-corrected chi connectivity index (χ2v) is 7.46. The number of hydrogen-bond acceptors (Lipinski definition) is 3. The number of fused-ring (bicyclic) bond motifs is 2. The van der Waals surface area contributed by atoms with Gasteiger partial charge in [0, 0.05) is 16.1 Å². The number of hydrogen-bond donors (Lipinski definition) is 0. The predicted octanol–water partition coefficient (Wildman–Crippen LogP) is 4.72. The Labute approximate surface area is 131 Å². The van der Waals surface area contributed by atoms with E-state index in [9.17, 15) is 4.79 Å². The normalized spacial score (nSPS) is 18.0. The summed E-state index contributed by atoms with van der Waals surface area (Å²) in [6.07, 6.45) is 0.980. The van der Waals surface area contributed by atoms with E-state index in [1.54, 1.807) is 11.3 Å². The van der Waals surface area contributed by atoms with Crippen molar-refractivity contribution in [2.75, 3.05) is 6.54 Å². The quantitative estimate of drug-likeness (QED) is 0.636. The molecule has 0 spiro atoms. The van der Waals surface area contributed by atoms with Crippen LogP contribution in [0.1, 0.15) is 33.1 Å². The Hall–Kier alpha value is -1.65. The summed E-state index contributed by atoms with van der Waals surface area (Å²) in [5.41, 5.74) is 1.32. The minimum Gasteiger partial charge on any atom is -0.331 e. The Kier molecular flexibility index (Phi) is 3.08. The van der Waals surface area contributed by atoms with E-state index in [1.807, 2.05) is 34.4 Å². The highest BCUT2D eigenvalue weighted by molar-refractivity contribution is 7.20. The fraction of sp³-hybridized carbons (Fsp3) is 0.235. The average molecular weight is 313 g/mol. The van der Waals surface area contributed by atoms with Gasteiger partial charge in [0.25, 0.3) is 5.91 Å². The minimum absolute atomic E-state index is 0.167. The van der Waals surface area contributed by atoms with Crippen LogP contribution in [-0.4, -0.2) is 17.4 Å². The van der Waals surface area contributed by atoms with E-state index in [4.69, 9.17) is 0 Å². The molecule has 1 atom stereocenters. The van der Waals surface area contributed by atoms with Gasteiger partial charge in [-0.1, -0.05) is 18.2 Å². The van der Waals surface area contributed by atoms with Gasteiger partial charge in [0.2, 0.25) is 0 Å². The fourth-order valence-corrected chi connectivity index (χ4v) is 5.00. The van der Waals surface area contributed by atoms with Crippen molar-refractivity contribution in [1.82, 2.24) is 4.90 Å². The van der Waals surface area contributed by atoms with Crippen LogP contribution in [0.2, 0.25) is 0 Å². The van der Waals surface area contributed by atoms with Crippen molar-refractivity contribution >= 4 is 38.7 Å². The molecule has 4 rings (SSSR count). The van der Waals surface area contributed by atoms with Crippen LogP contribution in [-0.2, 0) is 6.42 Å². The summed E-state index contributed by atoms with van der Waals surface area (Å²) in [6.45, 7) is 2.96. The average Bonchev–Trinajstić information content (AvgIpc) is 3.13. The minimum atomic E-state index is 0.167. The molecule has 1 amide bonds. The van der Waals surface area contributed by atoms with E-state index in [1.165, 1.54) is 15.1 Å². The molecule has 2 aromatic heterocycles. The lowest BCUT2D eigenvalue weighted by Gasteiger charge is -2.33. The summed E-state index contributed by atoms with van der Waals surface area (Å²) >= 11 is 3.40. The maximum Gasteiger partial charge on any atom is 0.264 e. The molecule has 0 N–H and O–H groups in total. The lowest BCUT2D eigenvalue weighted by Crippen LogP contribution is -2.37. The molecule has 1 aromatic carbocycles. The first-order valence-corrected chi connectivity index (χ1v) is 8.79. The molecule has 0 aliphatic carbocycles. The van der Waals surface area contributed by atoms with Crippen LogP contribution in [0.15, 0.2) is 41.8 Å². The zero-order chi connectivity index (χ0) is 14.4. The third-order valence-electron chi connectivity index (χ3n) is 4.17. The van der Waals surface area contributed by atoms with Gasteiger partial charge in [-0.2, -0.15) is 0 Å². The Morgan fingerprint density at radius 1 is 1.29 bits per heavy atom. The number of nitrogens with zero attached hydrogens (tertiary/aromatic N) is 1. The highest BCUT2D eigenvalue weighted by Gasteiger charge is 2.29. The van der Waals surface area contributed by atoms with Crippen molar-refractivity contribution < 1.29 is 4.79 Å². The summed E-state index contributed by atoms with van der Waals surface area (Å²) in [5.74, 6) is 0.167. The van der Waals surface area contributed by atoms with Gasteiger partial charge in [0.15, 0.2) is 0 Å². The highest BCUT2D eigenvalue weighted by atomic mass is 32.1. The van der Waals surface area contributed by atoms with E-state index in [-0.39, 0.29) is 11.9 Å². The molecule has 0 radical (unpaired) electrons. The SMILES string of the molecule is CC1c2ccsc2CCN1C(=O)c1cc2ccccc2s1. The van der Waals surface area contributed by atoms with Gasteiger partial charge in [-0.3, -0.25) is 4.79 Å². The second kappa shape index (κ2) is 4.97. The second-order valence-electron chi connectivity index (χ2n) is 5.37. The highest BCUT2D eigenvalue weighted by Crippen LogP contribution is 2.35. The molecule has 1 aliphatic heterocycles. The summed E-state index contributed by atoms with van der Waals surface area (Å²) in [5, 5.41) is 3.29. The Morgan fingerprint density at radius 3 is 3.00 bits per heavy atom. The zero-order valence-electron chi connectivity index (χ0n) is 11.7. The third-order valence-corrected chi connectivity index (χ3v) is 6.28. The van der Waals surface area contributed by atoms with Gasteiger partial charge in [0.05, 0.1) is 10.9 Å². The first kappa shape index (κ1) is 13.0. The van der Waals surface area contributed by atoms with E-state index >= 15 is 0 Å². The molecule has 106 valence electrons. The molecule has 1 aliphatic rings. The van der Waals surface area contributed by atoms with Crippen molar-refractivity contribution in [3.63, 3.8) is 0 Å². The predicted molar refractivity (Wildman–Crippen MR) is 89.3 cm³/mol. The molecule has 1 unspecified atom stereocenters. The van der Waals surface area contributed by atoms with Gasteiger partial charge in [-0.15, -0.1) is 22.7 Å². The molecule has 0 fully saturated rings. The molecule has 21 heavy (non-hydrogen) atoms. The number of thiophene rings is 2. The summed E-state index contributed by atoms with van der Waals surface area (Å²) in [6, 6.07) is 12.6. The summed E-state index contributed by atoms with van der Waals surface area (Å²) < 4.78 is 1.18. The zero-order valence-corrected chi connectivity index (χ0v) is 13.3. The number of carbonyl (C=O) groups is 1. The summed E-state index contributed by atoms with van der Waals surface area (Å²) in [7, 11) is 0. The number of rotatable bonds is 1. The van der Waals surface area contributed by atoms with Crippen LogP contribution in [0.3, 0.4) is 0 Å². The first-order valence-electron chi connectivity index (χ1n) is 7.10. The van der Waals surface area contributed by atoms with Crippen molar-refractivity contribution in [1.29, 1.82) is 0 Å². The Balaban J connectivity index is 1.69. The molecular formula is C17H15NOS2. The lowest BCUT2D eigenvalue weighted by molar-refractivity contribution is 0.0684. The van der Waals surface area contributed by atoms with Gasteiger partial charge in [-0.25, -0.2) is 0 Å². The Bertz CT molecular complexity index is 784. The van der Waals surface area contributed by atoms with Crippen LogP contribution in [0.5, 0.6) is 0 Å². The molecule has 0 saturated heterocycles. The number of carbonyl (C=O) groups excluding carboxylic acids is 1. The third kappa shape index (κ3) is 2.10. The number of amides is 1. The lowest BCUT2D eigenvalue weighted by atomic mass is 10.0. The molecule has 3 aromatic rings. The van der Waals surface area contributed by atoms with Crippen LogP contribution >= 0.6 is 22.7 Å². The van der Waals surface area contributed by atoms with Gasteiger partial charge < -0.3 is 4.90 Å². The number of benzene rings is 1. The van der Waals surface area contributed by atoms with Gasteiger partial charge in [-0.05, 0) is 47.9 Å². The first-order chi connectivity index (χ1) is 10.2. The van der Waals surface area contributed by atoms with Crippen LogP contribution in [0, 0.1) is 0 Å². The van der Waals surface area contributed by atoms with E-state index in [0.717, 1.165) is 23.2 Å². The van der Waals surface area contributed by atoms with E-state index < -0.39 is 0 Å². The molecule has 0 bridgehead atoms. The standard InChI is InChI=1S/C17H15NOS2/c1-11-13-7-9-20-15(13)6-8-18(11)17(19)16-10-12-4-2-3-5-14(12)21-16/h2-5,7,9-11H,6,8H2,1H3. The topological polar surface area (TPSA) is 20.3 Å². The monoisotopic (exact) mass is 313 g/mol. The van der Waals surface area contributed by atoms with Crippen LogP contribution in [0.25, 0.3) is 10.1 Å². The van der Waals surface area contributed by atoms with Crippen molar-refractivity contribution in [2.45, 2.75) is 19.4 Å². The maximum atomic E-state index is 12.9. The molecular weight excluding hydrogens is 298 g/mol. The van der Waals surface area contributed by atoms with Crippen molar-refractivity contribution in [3.8, 4) is 0 Å². The van der Waals surface area contributed by atoms with Crippen LogP contribution in [0.4, 0.5) is 0 Å². The molecule has 4 heteroatoms. The van der Waals surface area contributed by atoms with E-state index in [0.29, 0.717) is 0 Å².